The van der Waals surface area contributed by atoms with Crippen LogP contribution < -0.4 is 5.56 Å². The molecule has 0 aromatic carbocycles. The Labute approximate surface area is 107 Å². The summed E-state index contributed by atoms with van der Waals surface area (Å²) in [6, 6.07) is 0. The summed E-state index contributed by atoms with van der Waals surface area (Å²) in [6.07, 6.45) is 1.95. The second-order valence-corrected chi connectivity index (χ2v) is 6.25. The number of fused-ring (bicyclic) bond motifs is 2. The second kappa shape index (κ2) is 3.78. The Morgan fingerprint density at radius 1 is 1.47 bits per heavy atom. The summed E-state index contributed by atoms with van der Waals surface area (Å²) in [4.78, 5) is 21.2. The zero-order chi connectivity index (χ0) is 12.2. The standard InChI is InChI=1S/C10H12N4OS2/c1-5-4-14-8(15)6-7(12-10(14)17-5)11-9(16-3)13(6)2/h5H,4H2,1-3H3. The van der Waals surface area contributed by atoms with Gasteiger partial charge in [0, 0.05) is 18.8 Å². The molecule has 0 fully saturated rings. The van der Waals surface area contributed by atoms with Gasteiger partial charge >= 0.3 is 0 Å². The molecule has 0 aliphatic carbocycles. The number of imidazole rings is 1. The van der Waals surface area contributed by atoms with Crippen LogP contribution in [0.15, 0.2) is 15.1 Å². The van der Waals surface area contributed by atoms with E-state index in [0.29, 0.717) is 16.4 Å². The molecule has 0 radical (unpaired) electrons. The molecule has 17 heavy (non-hydrogen) atoms. The summed E-state index contributed by atoms with van der Waals surface area (Å²) in [5.74, 6) is 0. The molecule has 1 atom stereocenters. The van der Waals surface area contributed by atoms with Gasteiger partial charge in [0.05, 0.1) is 0 Å². The van der Waals surface area contributed by atoms with Gasteiger partial charge in [-0.05, 0) is 6.26 Å². The van der Waals surface area contributed by atoms with Crippen LogP contribution in [0.4, 0.5) is 0 Å². The maximum Gasteiger partial charge on any atom is 0.280 e. The van der Waals surface area contributed by atoms with Crippen molar-refractivity contribution in [3.8, 4) is 0 Å². The fraction of sp³-hybridized carbons (Fsp3) is 0.500. The average molecular weight is 268 g/mol. The van der Waals surface area contributed by atoms with Crippen LogP contribution in [0.2, 0.25) is 0 Å². The summed E-state index contributed by atoms with van der Waals surface area (Å²) in [5.41, 5.74) is 1.19. The van der Waals surface area contributed by atoms with E-state index in [1.807, 2.05) is 17.9 Å². The van der Waals surface area contributed by atoms with Crippen LogP contribution in [0.3, 0.4) is 0 Å². The average Bonchev–Trinajstić information content (AvgIpc) is 2.80. The van der Waals surface area contributed by atoms with Crippen molar-refractivity contribution >= 4 is 34.7 Å². The summed E-state index contributed by atoms with van der Waals surface area (Å²) in [7, 11) is 1.86. The van der Waals surface area contributed by atoms with Crippen molar-refractivity contribution in [1.82, 2.24) is 19.1 Å². The zero-order valence-electron chi connectivity index (χ0n) is 9.80. The predicted octanol–water partition coefficient (Wildman–Crippen LogP) is 1.35. The second-order valence-electron chi connectivity index (χ2n) is 4.07. The quantitative estimate of drug-likeness (QED) is 0.577. The third kappa shape index (κ3) is 1.52. The summed E-state index contributed by atoms with van der Waals surface area (Å²) < 4.78 is 3.58. The van der Waals surface area contributed by atoms with Gasteiger partial charge in [-0.3, -0.25) is 9.36 Å². The molecular weight excluding hydrogens is 256 g/mol. The third-order valence-corrected chi connectivity index (χ3v) is 4.65. The van der Waals surface area contributed by atoms with Crippen LogP contribution in [0.5, 0.6) is 0 Å². The lowest BCUT2D eigenvalue weighted by Crippen LogP contribution is -2.22. The summed E-state index contributed by atoms with van der Waals surface area (Å²) in [5, 5.41) is 2.03. The van der Waals surface area contributed by atoms with Gasteiger partial charge < -0.3 is 4.57 Å². The predicted molar refractivity (Wildman–Crippen MR) is 69.9 cm³/mol. The Kier molecular flexibility index (Phi) is 2.48. The van der Waals surface area contributed by atoms with Crippen molar-refractivity contribution in [3.63, 3.8) is 0 Å². The van der Waals surface area contributed by atoms with Gasteiger partial charge in [0.2, 0.25) is 0 Å². The van der Waals surface area contributed by atoms with E-state index in [0.717, 1.165) is 16.9 Å². The van der Waals surface area contributed by atoms with Gasteiger partial charge in [-0.25, -0.2) is 9.97 Å². The summed E-state index contributed by atoms with van der Waals surface area (Å²) >= 11 is 3.16. The normalized spacial score (nSPS) is 18.9. The molecule has 0 saturated heterocycles. The number of aryl methyl sites for hydroxylation is 1. The Morgan fingerprint density at radius 3 is 2.94 bits per heavy atom. The Hall–Kier alpha value is -0.950. The molecule has 7 heteroatoms. The number of hydrogen-bond donors (Lipinski definition) is 0. The Bertz CT molecular complexity index is 660. The molecule has 90 valence electrons. The monoisotopic (exact) mass is 268 g/mol. The molecule has 0 N–H and O–H groups in total. The van der Waals surface area contributed by atoms with Gasteiger partial charge in [-0.15, -0.1) is 0 Å². The SMILES string of the molecule is CSc1nc2nc3n(c(=O)c2n1C)CC(C)S3. The smallest absolute Gasteiger partial charge is 0.280 e. The van der Waals surface area contributed by atoms with Crippen molar-refractivity contribution in [2.75, 3.05) is 6.26 Å². The molecule has 1 unspecified atom stereocenters. The van der Waals surface area contributed by atoms with E-state index in [1.54, 1.807) is 16.3 Å². The lowest BCUT2D eigenvalue weighted by Gasteiger charge is -2.01. The maximum atomic E-state index is 12.4. The highest BCUT2D eigenvalue weighted by Gasteiger charge is 2.24. The molecule has 2 aromatic heterocycles. The molecule has 1 aliphatic rings. The molecule has 2 aromatic rings. The van der Waals surface area contributed by atoms with Gasteiger partial charge in [-0.1, -0.05) is 30.4 Å². The van der Waals surface area contributed by atoms with E-state index in [2.05, 4.69) is 16.9 Å². The van der Waals surface area contributed by atoms with Crippen LogP contribution in [-0.2, 0) is 13.6 Å². The Balaban J connectivity index is 2.37. The van der Waals surface area contributed by atoms with Crippen molar-refractivity contribution in [2.24, 2.45) is 7.05 Å². The van der Waals surface area contributed by atoms with E-state index in [-0.39, 0.29) is 5.56 Å². The largest absolute Gasteiger partial charge is 0.316 e. The first kappa shape index (κ1) is 11.2. The van der Waals surface area contributed by atoms with Gasteiger partial charge in [0.15, 0.2) is 21.5 Å². The highest BCUT2D eigenvalue weighted by molar-refractivity contribution is 8.00. The van der Waals surface area contributed by atoms with Crippen LogP contribution in [-0.4, -0.2) is 30.6 Å². The number of thioether (sulfide) groups is 2. The van der Waals surface area contributed by atoms with Crippen molar-refractivity contribution in [3.05, 3.63) is 10.4 Å². The number of rotatable bonds is 1. The first-order valence-electron chi connectivity index (χ1n) is 5.29. The van der Waals surface area contributed by atoms with Crippen molar-refractivity contribution in [1.29, 1.82) is 0 Å². The molecule has 0 spiro atoms. The van der Waals surface area contributed by atoms with Crippen molar-refractivity contribution in [2.45, 2.75) is 29.0 Å². The fourth-order valence-corrected chi connectivity index (χ4v) is 3.61. The lowest BCUT2D eigenvalue weighted by atomic mass is 10.4. The molecule has 0 amide bonds. The topological polar surface area (TPSA) is 52.7 Å². The minimum Gasteiger partial charge on any atom is -0.316 e. The molecule has 3 heterocycles. The van der Waals surface area contributed by atoms with Gasteiger partial charge in [-0.2, -0.15) is 0 Å². The maximum absolute atomic E-state index is 12.4. The lowest BCUT2D eigenvalue weighted by molar-refractivity contribution is 0.625. The number of hydrogen-bond acceptors (Lipinski definition) is 5. The third-order valence-electron chi connectivity index (χ3n) is 2.84. The van der Waals surface area contributed by atoms with E-state index in [9.17, 15) is 4.79 Å². The Morgan fingerprint density at radius 2 is 2.24 bits per heavy atom. The first-order valence-corrected chi connectivity index (χ1v) is 7.40. The molecule has 5 nitrogen and oxygen atoms in total. The van der Waals surface area contributed by atoms with Gasteiger partial charge in [0.1, 0.15) is 0 Å². The molecule has 1 aliphatic heterocycles. The molecule has 0 saturated carbocycles. The molecule has 3 rings (SSSR count). The highest BCUT2D eigenvalue weighted by Crippen LogP contribution is 2.29. The van der Waals surface area contributed by atoms with Crippen LogP contribution >= 0.6 is 23.5 Å². The molecule has 0 bridgehead atoms. The molecular formula is C10H12N4OS2. The van der Waals surface area contributed by atoms with Crippen LogP contribution in [0.25, 0.3) is 11.2 Å². The van der Waals surface area contributed by atoms with Gasteiger partial charge in [0.25, 0.3) is 5.56 Å². The minimum absolute atomic E-state index is 0.0251. The van der Waals surface area contributed by atoms with E-state index in [1.165, 1.54) is 11.8 Å². The van der Waals surface area contributed by atoms with Crippen LogP contribution in [0, 0.1) is 0 Å². The van der Waals surface area contributed by atoms with E-state index >= 15 is 0 Å². The zero-order valence-corrected chi connectivity index (χ0v) is 11.4. The highest BCUT2D eigenvalue weighted by atomic mass is 32.2. The van der Waals surface area contributed by atoms with E-state index in [4.69, 9.17) is 0 Å². The van der Waals surface area contributed by atoms with Crippen molar-refractivity contribution < 1.29 is 0 Å². The van der Waals surface area contributed by atoms with E-state index < -0.39 is 0 Å². The fourth-order valence-electron chi connectivity index (χ4n) is 2.05. The van der Waals surface area contributed by atoms with Crippen LogP contribution in [0.1, 0.15) is 6.92 Å². The minimum atomic E-state index is 0.0251. The number of aromatic nitrogens is 4. The first-order chi connectivity index (χ1) is 8.11. The summed E-state index contributed by atoms with van der Waals surface area (Å²) in [6.45, 7) is 2.84. The number of nitrogens with zero attached hydrogens (tertiary/aromatic N) is 4.